The fraction of sp³-hybridized carbons (Fsp3) is 0.455. The first kappa shape index (κ1) is 12.3. The van der Waals surface area contributed by atoms with Crippen LogP contribution in [0, 0.1) is 0 Å². The molecule has 15 heavy (non-hydrogen) atoms. The average molecular weight is 275 g/mol. The summed E-state index contributed by atoms with van der Waals surface area (Å²) < 4.78 is 11.1. The van der Waals surface area contributed by atoms with E-state index in [0.29, 0.717) is 11.5 Å². The van der Waals surface area contributed by atoms with E-state index in [2.05, 4.69) is 15.9 Å². The fourth-order valence-corrected chi connectivity index (χ4v) is 1.78. The molecule has 0 fully saturated rings. The second-order valence-electron chi connectivity index (χ2n) is 3.75. The van der Waals surface area contributed by atoms with Gasteiger partial charge in [-0.3, -0.25) is 0 Å². The van der Waals surface area contributed by atoms with Crippen LogP contribution in [0.2, 0.25) is 0 Å². The van der Waals surface area contributed by atoms with Gasteiger partial charge < -0.3 is 14.6 Å². The highest BCUT2D eigenvalue weighted by Gasteiger charge is 2.20. The molecular formula is C11H15BrO3. The van der Waals surface area contributed by atoms with Crippen molar-refractivity contribution < 1.29 is 14.6 Å². The highest BCUT2D eigenvalue weighted by atomic mass is 79.9. The quantitative estimate of drug-likeness (QED) is 0.921. The zero-order valence-corrected chi connectivity index (χ0v) is 10.9. The maximum Gasteiger partial charge on any atom is 0.137 e. The summed E-state index contributed by atoms with van der Waals surface area (Å²) in [5.41, 5.74) is -0.166. The number of rotatable bonds is 3. The van der Waals surface area contributed by atoms with Crippen LogP contribution in [-0.4, -0.2) is 19.3 Å². The first-order valence-electron chi connectivity index (χ1n) is 4.54. The van der Waals surface area contributed by atoms with Crippen molar-refractivity contribution >= 4 is 15.9 Å². The zero-order valence-electron chi connectivity index (χ0n) is 9.30. The Morgan fingerprint density at radius 2 is 1.53 bits per heavy atom. The smallest absolute Gasteiger partial charge is 0.137 e. The summed E-state index contributed by atoms with van der Waals surface area (Å²) in [5, 5.41) is 9.89. The third kappa shape index (κ3) is 2.63. The monoisotopic (exact) mass is 274 g/mol. The first-order chi connectivity index (χ1) is 6.90. The van der Waals surface area contributed by atoms with Gasteiger partial charge in [-0.25, -0.2) is 0 Å². The molecule has 0 saturated heterocycles. The lowest BCUT2D eigenvalue weighted by Crippen LogP contribution is -2.15. The lowest BCUT2D eigenvalue weighted by atomic mass is 9.98. The standard InChI is InChI=1S/C11H15BrO3/c1-11(2,13)7-5-8(14-3)10(12)9(6-7)15-4/h5-6,13H,1-4H3. The van der Waals surface area contributed by atoms with Crippen LogP contribution >= 0.6 is 15.9 Å². The van der Waals surface area contributed by atoms with Gasteiger partial charge in [0, 0.05) is 0 Å². The molecule has 0 aliphatic heterocycles. The van der Waals surface area contributed by atoms with Gasteiger partial charge >= 0.3 is 0 Å². The molecule has 0 aromatic heterocycles. The van der Waals surface area contributed by atoms with Crippen molar-refractivity contribution in [1.82, 2.24) is 0 Å². The van der Waals surface area contributed by atoms with Crippen LogP contribution in [0.15, 0.2) is 16.6 Å². The number of methoxy groups -OCH3 is 2. The minimum Gasteiger partial charge on any atom is -0.495 e. The van der Waals surface area contributed by atoms with Crippen LogP contribution in [0.3, 0.4) is 0 Å². The molecule has 0 radical (unpaired) electrons. The van der Waals surface area contributed by atoms with E-state index in [-0.39, 0.29) is 0 Å². The molecule has 0 heterocycles. The minimum absolute atomic E-state index is 0.645. The van der Waals surface area contributed by atoms with E-state index in [0.717, 1.165) is 10.0 Å². The van der Waals surface area contributed by atoms with E-state index < -0.39 is 5.60 Å². The lowest BCUT2D eigenvalue weighted by molar-refractivity contribution is 0.0780. The summed E-state index contributed by atoms with van der Waals surface area (Å²) >= 11 is 3.37. The Morgan fingerprint density at radius 1 is 1.13 bits per heavy atom. The van der Waals surface area contributed by atoms with Gasteiger partial charge in [0.1, 0.15) is 16.0 Å². The van der Waals surface area contributed by atoms with Crippen molar-refractivity contribution in [1.29, 1.82) is 0 Å². The van der Waals surface area contributed by atoms with E-state index in [1.54, 1.807) is 40.2 Å². The summed E-state index contributed by atoms with van der Waals surface area (Å²) in [6.45, 7) is 3.43. The van der Waals surface area contributed by atoms with Crippen LogP contribution in [0.5, 0.6) is 11.5 Å². The molecule has 0 spiro atoms. The summed E-state index contributed by atoms with van der Waals surface area (Å²) in [7, 11) is 3.15. The van der Waals surface area contributed by atoms with Crippen molar-refractivity contribution in [3.63, 3.8) is 0 Å². The van der Waals surface area contributed by atoms with Crippen LogP contribution in [0.4, 0.5) is 0 Å². The largest absolute Gasteiger partial charge is 0.495 e. The Balaban J connectivity index is 3.33. The van der Waals surface area contributed by atoms with Crippen molar-refractivity contribution in [2.75, 3.05) is 14.2 Å². The Kier molecular flexibility index (Phi) is 3.62. The molecule has 1 aromatic rings. The third-order valence-corrected chi connectivity index (χ3v) is 2.93. The Morgan fingerprint density at radius 3 is 1.80 bits per heavy atom. The van der Waals surface area contributed by atoms with Gasteiger partial charge in [-0.05, 0) is 47.5 Å². The van der Waals surface area contributed by atoms with Crippen molar-refractivity contribution in [3.8, 4) is 11.5 Å². The molecule has 0 amide bonds. The van der Waals surface area contributed by atoms with Gasteiger partial charge in [-0.2, -0.15) is 0 Å². The number of aliphatic hydroxyl groups is 1. The molecule has 0 aliphatic carbocycles. The summed E-state index contributed by atoms with van der Waals surface area (Å²) in [4.78, 5) is 0. The average Bonchev–Trinajstić information content (AvgIpc) is 2.16. The molecule has 4 heteroatoms. The Bertz CT molecular complexity index is 330. The van der Waals surface area contributed by atoms with Crippen molar-refractivity contribution in [3.05, 3.63) is 22.2 Å². The second-order valence-corrected chi connectivity index (χ2v) is 4.55. The van der Waals surface area contributed by atoms with Gasteiger partial charge in [0.25, 0.3) is 0 Å². The van der Waals surface area contributed by atoms with E-state index in [9.17, 15) is 5.11 Å². The first-order valence-corrected chi connectivity index (χ1v) is 5.34. The zero-order chi connectivity index (χ0) is 11.6. The molecule has 0 bridgehead atoms. The number of hydrogen-bond acceptors (Lipinski definition) is 3. The summed E-state index contributed by atoms with van der Waals surface area (Å²) in [5.74, 6) is 1.29. The highest BCUT2D eigenvalue weighted by Crippen LogP contribution is 2.38. The molecule has 0 unspecified atom stereocenters. The van der Waals surface area contributed by atoms with E-state index in [4.69, 9.17) is 9.47 Å². The lowest BCUT2D eigenvalue weighted by Gasteiger charge is -2.20. The maximum absolute atomic E-state index is 9.89. The molecular weight excluding hydrogens is 260 g/mol. The molecule has 0 saturated carbocycles. The number of halogens is 1. The fourth-order valence-electron chi connectivity index (χ4n) is 1.22. The van der Waals surface area contributed by atoms with Crippen LogP contribution < -0.4 is 9.47 Å². The molecule has 1 aromatic carbocycles. The molecule has 1 N–H and O–H groups in total. The van der Waals surface area contributed by atoms with Gasteiger partial charge in [-0.15, -0.1) is 0 Å². The highest BCUT2D eigenvalue weighted by molar-refractivity contribution is 9.10. The normalized spacial score (nSPS) is 11.3. The van der Waals surface area contributed by atoms with Gasteiger partial charge in [0.15, 0.2) is 0 Å². The predicted octanol–water partition coefficient (Wildman–Crippen LogP) is 2.69. The summed E-state index contributed by atoms with van der Waals surface area (Å²) in [6, 6.07) is 3.57. The Labute approximate surface area is 98.1 Å². The Hall–Kier alpha value is -0.740. The van der Waals surface area contributed by atoms with Crippen LogP contribution in [-0.2, 0) is 5.60 Å². The van der Waals surface area contributed by atoms with E-state index >= 15 is 0 Å². The SMILES string of the molecule is COc1cc(C(C)(C)O)cc(OC)c1Br. The molecule has 1 rings (SSSR count). The third-order valence-electron chi connectivity index (χ3n) is 2.15. The van der Waals surface area contributed by atoms with Crippen LogP contribution in [0.1, 0.15) is 19.4 Å². The van der Waals surface area contributed by atoms with Crippen molar-refractivity contribution in [2.45, 2.75) is 19.4 Å². The molecule has 0 atom stereocenters. The van der Waals surface area contributed by atoms with E-state index in [1.165, 1.54) is 0 Å². The van der Waals surface area contributed by atoms with E-state index in [1.807, 2.05) is 0 Å². The minimum atomic E-state index is -0.915. The van der Waals surface area contributed by atoms with Crippen molar-refractivity contribution in [2.24, 2.45) is 0 Å². The molecule has 0 aliphatic rings. The van der Waals surface area contributed by atoms with Gasteiger partial charge in [0.2, 0.25) is 0 Å². The topological polar surface area (TPSA) is 38.7 Å². The second kappa shape index (κ2) is 4.41. The van der Waals surface area contributed by atoms with Gasteiger partial charge in [-0.1, -0.05) is 0 Å². The number of hydrogen-bond donors (Lipinski definition) is 1. The summed E-state index contributed by atoms with van der Waals surface area (Å²) in [6.07, 6.45) is 0. The predicted molar refractivity (Wildman–Crippen MR) is 62.5 cm³/mol. The van der Waals surface area contributed by atoms with Crippen LogP contribution in [0.25, 0.3) is 0 Å². The molecule has 3 nitrogen and oxygen atoms in total. The maximum atomic E-state index is 9.89. The molecule has 84 valence electrons. The number of benzene rings is 1. The number of ether oxygens (including phenoxy) is 2. The van der Waals surface area contributed by atoms with Gasteiger partial charge in [0.05, 0.1) is 19.8 Å².